The maximum Gasteiger partial charge on any atom is 0.574 e. The van der Waals surface area contributed by atoms with Crippen molar-refractivity contribution in [1.82, 2.24) is 4.98 Å². The predicted octanol–water partition coefficient (Wildman–Crippen LogP) is 4.28. The molecule has 2 nitrogen and oxygen atoms in total. The Hall–Kier alpha value is -0.190. The number of aromatic nitrogens is 1. The molecule has 0 N–H and O–H groups in total. The largest absolute Gasteiger partial charge is 0.574 e. The van der Waals surface area contributed by atoms with Crippen LogP contribution in [0.5, 0.6) is 5.88 Å². The summed E-state index contributed by atoms with van der Waals surface area (Å²) in [5.74, 6) is -0.760. The Balaban J connectivity index is 3.12. The van der Waals surface area contributed by atoms with Gasteiger partial charge in [0.05, 0.1) is 9.13 Å². The number of nitrogens with zero attached hydrogens (tertiary/aromatic N) is 1. The van der Waals surface area contributed by atoms with E-state index in [0.29, 0.717) is 6.20 Å². The Kier molecular flexibility index (Phi) is 4.32. The van der Waals surface area contributed by atoms with E-state index >= 15 is 0 Å². The smallest absolute Gasteiger partial charge is 0.387 e. The molecule has 1 aromatic rings. The van der Waals surface area contributed by atoms with Gasteiger partial charge in [0, 0.05) is 10.7 Å². The Morgan fingerprint density at radius 2 is 1.94 bits per heavy atom. The summed E-state index contributed by atoms with van der Waals surface area (Å²) in [7, 11) is 0. The van der Waals surface area contributed by atoms with Crippen LogP contribution in [0.15, 0.2) is 10.7 Å². The van der Waals surface area contributed by atoms with E-state index in [-0.39, 0.29) is 8.04 Å². The monoisotopic (exact) mass is 417 g/mol. The van der Waals surface area contributed by atoms with Gasteiger partial charge in [0.2, 0.25) is 5.88 Å². The summed E-state index contributed by atoms with van der Waals surface area (Å²) in [4.78, 5) is 3.19. The van der Waals surface area contributed by atoms with Crippen molar-refractivity contribution in [1.29, 1.82) is 0 Å². The van der Waals surface area contributed by atoms with E-state index in [1.807, 2.05) is 0 Å². The van der Waals surface area contributed by atoms with E-state index in [4.69, 9.17) is 0 Å². The molecule has 0 amide bonds. The van der Waals surface area contributed by atoms with Gasteiger partial charge in [-0.3, -0.25) is 0 Å². The van der Waals surface area contributed by atoms with Crippen LogP contribution in [0.3, 0.4) is 0 Å². The molecule has 90 valence electrons. The van der Waals surface area contributed by atoms with Crippen molar-refractivity contribution in [3.05, 3.63) is 19.8 Å². The molecule has 1 heterocycles. The lowest BCUT2D eigenvalue weighted by Crippen LogP contribution is -2.19. The van der Waals surface area contributed by atoms with Gasteiger partial charge in [-0.2, -0.15) is 0 Å². The summed E-state index contributed by atoms with van der Waals surface area (Å²) in [6.45, 7) is 0. The second-order valence-corrected chi connectivity index (χ2v) is 4.37. The fourth-order valence-corrected chi connectivity index (χ4v) is 1.80. The van der Waals surface area contributed by atoms with E-state index in [1.165, 1.54) is 22.6 Å². The van der Waals surface area contributed by atoms with Crippen molar-refractivity contribution < 1.29 is 26.7 Å². The molecule has 0 spiro atoms. The molecule has 0 aliphatic carbocycles. The zero-order chi connectivity index (χ0) is 12.5. The Bertz CT molecular complexity index is 397. The molecule has 0 radical (unpaired) electrons. The van der Waals surface area contributed by atoms with E-state index in [1.54, 1.807) is 0 Å². The van der Waals surface area contributed by atoms with E-state index in [2.05, 4.69) is 25.7 Å². The molecule has 0 atom stereocenters. The van der Waals surface area contributed by atoms with E-state index in [0.717, 1.165) is 0 Å². The van der Waals surface area contributed by atoms with Crippen LogP contribution in [-0.4, -0.2) is 11.3 Å². The van der Waals surface area contributed by atoms with Gasteiger partial charge < -0.3 is 4.74 Å². The van der Waals surface area contributed by atoms with Gasteiger partial charge in [-0.15, -0.1) is 13.2 Å². The summed E-state index contributed by atoms with van der Waals surface area (Å²) >= 11 is 4.20. The van der Waals surface area contributed by atoms with E-state index < -0.39 is 24.2 Å². The number of alkyl halides is 5. The predicted molar refractivity (Wildman–Crippen MR) is 56.3 cm³/mol. The lowest BCUT2D eigenvalue weighted by molar-refractivity contribution is -0.276. The lowest BCUT2D eigenvalue weighted by Gasteiger charge is -2.12. The number of hydrogen-bond donors (Lipinski definition) is 0. The first-order valence-corrected chi connectivity index (χ1v) is 5.47. The molecule has 0 saturated heterocycles. The van der Waals surface area contributed by atoms with Crippen LogP contribution in [0.1, 0.15) is 12.0 Å². The first-order valence-electron chi connectivity index (χ1n) is 3.60. The first kappa shape index (κ1) is 13.9. The molecule has 0 aromatic carbocycles. The highest BCUT2D eigenvalue weighted by Crippen LogP contribution is 2.36. The van der Waals surface area contributed by atoms with Gasteiger partial charge in [-0.25, -0.2) is 13.8 Å². The van der Waals surface area contributed by atoms with Crippen molar-refractivity contribution >= 4 is 38.5 Å². The Labute approximate surface area is 108 Å². The molecule has 0 aliphatic rings. The van der Waals surface area contributed by atoms with Crippen molar-refractivity contribution in [2.24, 2.45) is 0 Å². The van der Waals surface area contributed by atoms with Crippen LogP contribution in [0.25, 0.3) is 0 Å². The summed E-state index contributed by atoms with van der Waals surface area (Å²) in [6, 6.07) is 0. The third-order valence-corrected chi connectivity index (χ3v) is 4.00. The van der Waals surface area contributed by atoms with Crippen LogP contribution < -0.4 is 4.74 Å². The van der Waals surface area contributed by atoms with Crippen LogP contribution in [0, 0.1) is 3.57 Å². The minimum atomic E-state index is -4.90. The number of halogens is 7. The zero-order valence-corrected chi connectivity index (χ0v) is 10.9. The van der Waals surface area contributed by atoms with Gasteiger partial charge in [-0.05, 0) is 38.5 Å². The summed E-state index contributed by atoms with van der Waals surface area (Å²) in [5.41, 5.74) is -0.487. The molecule has 9 heteroatoms. The van der Waals surface area contributed by atoms with Gasteiger partial charge in [0.25, 0.3) is 6.43 Å². The minimum absolute atomic E-state index is 0.155. The Morgan fingerprint density at radius 3 is 2.38 bits per heavy atom. The third kappa shape index (κ3) is 3.40. The fraction of sp³-hybridized carbons (Fsp3) is 0.286. The highest BCUT2D eigenvalue weighted by molar-refractivity contribution is 14.1. The SMILES string of the molecule is FC(F)c1cnc(OC(F)(F)F)c(I)c1Br. The molecule has 0 aliphatic heterocycles. The quantitative estimate of drug-likeness (QED) is 0.529. The second kappa shape index (κ2) is 4.98. The van der Waals surface area contributed by atoms with Crippen LogP contribution in [-0.2, 0) is 0 Å². The number of rotatable bonds is 2. The van der Waals surface area contributed by atoms with Gasteiger partial charge in [0.1, 0.15) is 0 Å². The van der Waals surface area contributed by atoms with E-state index in [9.17, 15) is 22.0 Å². The average Bonchev–Trinajstić information content (AvgIpc) is 2.10. The minimum Gasteiger partial charge on any atom is -0.387 e. The second-order valence-electron chi connectivity index (χ2n) is 2.50. The molecular formula is C7H2BrF5INO. The van der Waals surface area contributed by atoms with Crippen molar-refractivity contribution in [3.63, 3.8) is 0 Å². The van der Waals surface area contributed by atoms with Gasteiger partial charge >= 0.3 is 6.36 Å². The fourth-order valence-electron chi connectivity index (χ4n) is 0.795. The normalized spacial score (nSPS) is 12.0. The molecule has 0 bridgehead atoms. The molecular weight excluding hydrogens is 416 g/mol. The van der Waals surface area contributed by atoms with Crippen LogP contribution in [0.4, 0.5) is 22.0 Å². The van der Waals surface area contributed by atoms with Crippen molar-refractivity contribution in [3.8, 4) is 5.88 Å². The lowest BCUT2D eigenvalue weighted by atomic mass is 10.3. The molecule has 16 heavy (non-hydrogen) atoms. The highest BCUT2D eigenvalue weighted by Gasteiger charge is 2.33. The topological polar surface area (TPSA) is 22.1 Å². The molecule has 1 aromatic heterocycles. The summed E-state index contributed by atoms with van der Waals surface area (Å²) in [6.07, 6.45) is -7.09. The highest BCUT2D eigenvalue weighted by atomic mass is 127. The van der Waals surface area contributed by atoms with Crippen LogP contribution >= 0.6 is 38.5 Å². The summed E-state index contributed by atoms with van der Waals surface area (Å²) < 4.78 is 63.6. The molecule has 0 fully saturated rings. The van der Waals surface area contributed by atoms with Crippen molar-refractivity contribution in [2.75, 3.05) is 0 Å². The molecule has 0 unspecified atom stereocenters. The maximum atomic E-state index is 12.3. The maximum absolute atomic E-state index is 12.3. The number of ether oxygens (including phenoxy) is 1. The standard InChI is InChI=1S/C7H2BrF5INO/c8-3-2(5(9)10)1-15-6(4(3)14)16-7(11,12)13/h1,5H. The summed E-state index contributed by atoms with van der Waals surface area (Å²) in [5, 5.41) is 0. The average molecular weight is 418 g/mol. The van der Waals surface area contributed by atoms with Gasteiger partial charge in [-0.1, -0.05) is 0 Å². The first-order chi connectivity index (χ1) is 7.22. The van der Waals surface area contributed by atoms with Gasteiger partial charge in [0.15, 0.2) is 0 Å². The zero-order valence-electron chi connectivity index (χ0n) is 7.16. The third-order valence-electron chi connectivity index (χ3n) is 1.40. The van der Waals surface area contributed by atoms with Crippen LogP contribution in [0.2, 0.25) is 0 Å². The molecule has 0 saturated carbocycles. The van der Waals surface area contributed by atoms with Crippen molar-refractivity contribution in [2.45, 2.75) is 12.8 Å². The number of pyridine rings is 1. The Morgan fingerprint density at radius 1 is 1.38 bits per heavy atom. The number of hydrogen-bond acceptors (Lipinski definition) is 2. The molecule has 1 rings (SSSR count).